The highest BCUT2D eigenvalue weighted by molar-refractivity contribution is 5.97. The Labute approximate surface area is 92.1 Å². The first-order valence-corrected chi connectivity index (χ1v) is 4.58. The van der Waals surface area contributed by atoms with Crippen LogP contribution in [0.4, 0.5) is 5.69 Å². The zero-order valence-corrected chi connectivity index (χ0v) is 8.70. The molecule has 84 valence electrons. The zero-order chi connectivity index (χ0) is 12.0. The molecule has 0 aliphatic heterocycles. The molecule has 1 N–H and O–H groups in total. The van der Waals surface area contributed by atoms with Crippen molar-refractivity contribution >= 4 is 17.4 Å². The van der Waals surface area contributed by atoms with Gasteiger partial charge in [0.2, 0.25) is 0 Å². The molecule has 6 nitrogen and oxygen atoms in total. The van der Waals surface area contributed by atoms with Crippen molar-refractivity contribution in [3.63, 3.8) is 0 Å². The lowest BCUT2D eigenvalue weighted by Gasteiger charge is -2.09. The number of aliphatic carboxylic acids is 1. The highest BCUT2D eigenvalue weighted by atomic mass is 16.4. The van der Waals surface area contributed by atoms with Gasteiger partial charge in [0, 0.05) is 5.71 Å². The number of carboxylic acid groups (broad SMARTS) is 1. The number of nitrogens with zero attached hydrogens (tertiary/aromatic N) is 3. The van der Waals surface area contributed by atoms with E-state index < -0.39 is 5.97 Å². The standard InChI is InChI=1S/C10H11N3O3/c1-8(7-10(14)15)11-13(12-16)9-5-3-2-4-6-9/h2-6H,7H2,1H3,(H,14,15)/b11-8-. The maximum Gasteiger partial charge on any atom is 0.309 e. The van der Waals surface area contributed by atoms with Crippen molar-refractivity contribution in [2.75, 3.05) is 5.12 Å². The van der Waals surface area contributed by atoms with E-state index in [4.69, 9.17) is 5.11 Å². The van der Waals surface area contributed by atoms with Crippen LogP contribution in [0.2, 0.25) is 0 Å². The van der Waals surface area contributed by atoms with Gasteiger partial charge < -0.3 is 5.11 Å². The molecule has 0 aliphatic rings. The third kappa shape index (κ3) is 3.49. The monoisotopic (exact) mass is 221 g/mol. The second-order valence-electron chi connectivity index (χ2n) is 3.11. The summed E-state index contributed by atoms with van der Waals surface area (Å²) in [4.78, 5) is 21.0. The van der Waals surface area contributed by atoms with Gasteiger partial charge in [-0.15, -0.1) is 10.0 Å². The van der Waals surface area contributed by atoms with Gasteiger partial charge in [-0.25, -0.2) is 0 Å². The van der Waals surface area contributed by atoms with Gasteiger partial charge in [0.15, 0.2) is 0 Å². The molecule has 0 radical (unpaired) electrons. The molecule has 1 rings (SSSR count). The van der Waals surface area contributed by atoms with Crippen LogP contribution in [0.5, 0.6) is 0 Å². The number of hydrazone groups is 1. The van der Waals surface area contributed by atoms with Crippen LogP contribution in [-0.4, -0.2) is 16.8 Å². The lowest BCUT2D eigenvalue weighted by atomic mass is 10.3. The molecule has 0 spiro atoms. The highest BCUT2D eigenvalue weighted by Crippen LogP contribution is 2.14. The van der Waals surface area contributed by atoms with Crippen molar-refractivity contribution in [3.05, 3.63) is 35.2 Å². The summed E-state index contributed by atoms with van der Waals surface area (Å²) in [5.74, 6) is -1.000. The molecule has 0 atom stereocenters. The summed E-state index contributed by atoms with van der Waals surface area (Å²) in [6, 6.07) is 8.56. The first-order chi connectivity index (χ1) is 7.63. The average Bonchev–Trinajstić information content (AvgIpc) is 2.26. The second kappa shape index (κ2) is 5.59. The van der Waals surface area contributed by atoms with Gasteiger partial charge >= 0.3 is 5.97 Å². The summed E-state index contributed by atoms with van der Waals surface area (Å²) in [6.07, 6.45) is -0.223. The van der Waals surface area contributed by atoms with Crippen LogP contribution < -0.4 is 5.12 Å². The zero-order valence-electron chi connectivity index (χ0n) is 8.70. The van der Waals surface area contributed by atoms with E-state index >= 15 is 0 Å². The molecular weight excluding hydrogens is 210 g/mol. The predicted molar refractivity (Wildman–Crippen MR) is 60.1 cm³/mol. The van der Waals surface area contributed by atoms with Gasteiger partial charge in [0.05, 0.1) is 17.4 Å². The van der Waals surface area contributed by atoms with E-state index in [0.29, 0.717) is 11.4 Å². The quantitative estimate of drug-likeness (QED) is 0.468. The first-order valence-electron chi connectivity index (χ1n) is 4.58. The molecule has 1 aromatic rings. The molecule has 0 bridgehead atoms. The van der Waals surface area contributed by atoms with Gasteiger partial charge in [-0.05, 0) is 19.1 Å². The highest BCUT2D eigenvalue weighted by Gasteiger charge is 2.06. The van der Waals surface area contributed by atoms with E-state index in [1.807, 2.05) is 0 Å². The number of benzene rings is 1. The van der Waals surface area contributed by atoms with E-state index in [1.165, 1.54) is 6.92 Å². The molecule has 0 amide bonds. The van der Waals surface area contributed by atoms with Crippen LogP contribution in [0.25, 0.3) is 0 Å². The Morgan fingerprint density at radius 2 is 2.00 bits per heavy atom. The van der Waals surface area contributed by atoms with Gasteiger partial charge in [0.25, 0.3) is 0 Å². The topological polar surface area (TPSA) is 82.3 Å². The fraction of sp³-hybridized carbons (Fsp3) is 0.200. The predicted octanol–water partition coefficient (Wildman–Crippen LogP) is 2.03. The Morgan fingerprint density at radius 1 is 1.38 bits per heavy atom. The number of carbonyl (C=O) groups is 1. The van der Waals surface area contributed by atoms with Gasteiger partial charge in [0.1, 0.15) is 0 Å². The molecule has 0 aromatic heterocycles. The molecule has 0 heterocycles. The number of rotatable bonds is 5. The number of carboxylic acids is 1. The van der Waals surface area contributed by atoms with E-state index in [2.05, 4.69) is 10.4 Å². The molecule has 0 saturated heterocycles. The maximum absolute atomic E-state index is 10.5. The minimum atomic E-state index is -1.000. The molecular formula is C10H11N3O3. The Bertz CT molecular complexity index is 403. The van der Waals surface area contributed by atoms with E-state index in [1.54, 1.807) is 30.3 Å². The Morgan fingerprint density at radius 3 is 2.50 bits per heavy atom. The smallest absolute Gasteiger partial charge is 0.309 e. The fourth-order valence-electron chi connectivity index (χ4n) is 1.10. The van der Waals surface area contributed by atoms with E-state index in [0.717, 1.165) is 5.12 Å². The number of anilines is 1. The number of hydrogen-bond acceptors (Lipinski definition) is 4. The molecule has 0 unspecified atom stereocenters. The summed E-state index contributed by atoms with van der Waals surface area (Å²) in [7, 11) is 0. The van der Waals surface area contributed by atoms with Crippen molar-refractivity contribution in [3.8, 4) is 0 Å². The molecule has 1 aromatic carbocycles. The summed E-state index contributed by atoms with van der Waals surface area (Å²) >= 11 is 0. The van der Waals surface area contributed by atoms with Crippen LogP contribution >= 0.6 is 0 Å². The van der Waals surface area contributed by atoms with Crippen molar-refractivity contribution in [1.82, 2.24) is 0 Å². The molecule has 0 aliphatic carbocycles. The SMILES string of the molecule is C/C(CC(=O)O)=N/N(N=O)c1ccccc1. The number of para-hydroxylation sites is 1. The third-order valence-corrected chi connectivity index (χ3v) is 1.74. The van der Waals surface area contributed by atoms with Crippen molar-refractivity contribution < 1.29 is 9.90 Å². The molecule has 0 saturated carbocycles. The summed E-state index contributed by atoms with van der Waals surface area (Å²) in [5.41, 5.74) is 0.790. The summed E-state index contributed by atoms with van der Waals surface area (Å²) in [6.45, 7) is 1.52. The summed E-state index contributed by atoms with van der Waals surface area (Å²) in [5, 5.41) is 15.9. The summed E-state index contributed by atoms with van der Waals surface area (Å²) < 4.78 is 0. The van der Waals surface area contributed by atoms with Crippen LogP contribution in [-0.2, 0) is 4.79 Å². The Balaban J connectivity index is 2.84. The maximum atomic E-state index is 10.5. The van der Waals surface area contributed by atoms with E-state index in [9.17, 15) is 9.70 Å². The van der Waals surface area contributed by atoms with Crippen LogP contribution in [0.3, 0.4) is 0 Å². The van der Waals surface area contributed by atoms with Gasteiger partial charge in [-0.2, -0.15) is 5.10 Å². The van der Waals surface area contributed by atoms with Crippen molar-refractivity contribution in [1.29, 1.82) is 0 Å². The van der Waals surface area contributed by atoms with Crippen molar-refractivity contribution in [2.24, 2.45) is 10.4 Å². The largest absolute Gasteiger partial charge is 0.481 e. The van der Waals surface area contributed by atoms with Gasteiger partial charge in [-0.3, -0.25) is 4.79 Å². The fourth-order valence-corrected chi connectivity index (χ4v) is 1.10. The van der Waals surface area contributed by atoms with Crippen LogP contribution in [0, 0.1) is 4.91 Å². The Hall–Kier alpha value is -2.24. The van der Waals surface area contributed by atoms with Crippen molar-refractivity contribution in [2.45, 2.75) is 13.3 Å². The lowest BCUT2D eigenvalue weighted by Crippen LogP contribution is -2.12. The van der Waals surface area contributed by atoms with Gasteiger partial charge in [-0.1, -0.05) is 18.2 Å². The second-order valence-corrected chi connectivity index (χ2v) is 3.11. The minimum absolute atomic E-state index is 0.223. The Kier molecular flexibility index (Phi) is 4.14. The third-order valence-electron chi connectivity index (χ3n) is 1.74. The average molecular weight is 221 g/mol. The van der Waals surface area contributed by atoms with E-state index in [-0.39, 0.29) is 6.42 Å². The van der Waals surface area contributed by atoms with Crippen LogP contribution in [0.15, 0.2) is 40.7 Å². The van der Waals surface area contributed by atoms with Crippen LogP contribution in [0.1, 0.15) is 13.3 Å². The molecule has 16 heavy (non-hydrogen) atoms. The lowest BCUT2D eigenvalue weighted by molar-refractivity contribution is -0.135. The first kappa shape index (κ1) is 11.8. The molecule has 0 fully saturated rings. The number of nitroso groups, excluding NO2 is 1. The minimum Gasteiger partial charge on any atom is -0.481 e. The molecule has 6 heteroatoms. The number of hydrogen-bond donors (Lipinski definition) is 1. The normalized spacial score (nSPS) is 10.9.